The smallest absolute Gasteiger partial charge is 0.353 e. The summed E-state index contributed by atoms with van der Waals surface area (Å²) in [6, 6.07) is 5.50. The second kappa shape index (κ2) is 5.12. The van der Waals surface area contributed by atoms with Gasteiger partial charge in [-0.25, -0.2) is 4.79 Å². The molecule has 6 nitrogen and oxygen atoms in total. The Balaban J connectivity index is 2.12. The molecule has 0 radical (unpaired) electrons. The zero-order valence-corrected chi connectivity index (χ0v) is 12.0. The lowest BCUT2D eigenvalue weighted by Gasteiger charge is -2.29. The van der Waals surface area contributed by atoms with E-state index in [0.29, 0.717) is 5.69 Å². The molecule has 0 spiro atoms. The molecule has 0 unspecified atom stereocenters. The van der Waals surface area contributed by atoms with Gasteiger partial charge in [-0.2, -0.15) is 5.10 Å². The first-order valence-electron chi connectivity index (χ1n) is 6.82. The van der Waals surface area contributed by atoms with Crippen molar-refractivity contribution in [1.82, 2.24) is 10.2 Å². The third-order valence-corrected chi connectivity index (χ3v) is 3.86. The van der Waals surface area contributed by atoms with Gasteiger partial charge in [0.25, 0.3) is 0 Å². The number of carbonyl (C=O) groups is 1. The molecule has 0 saturated heterocycles. The summed E-state index contributed by atoms with van der Waals surface area (Å²) < 4.78 is 5.59. The molecule has 3 rings (SSSR count). The van der Waals surface area contributed by atoms with Crippen LogP contribution in [-0.4, -0.2) is 42.0 Å². The number of carboxylic acids is 1. The highest BCUT2D eigenvalue weighted by Crippen LogP contribution is 2.40. The molecule has 0 atom stereocenters. The minimum absolute atomic E-state index is 0.0712. The molecule has 2 aromatic rings. The Morgan fingerprint density at radius 1 is 1.48 bits per heavy atom. The number of methoxy groups -OCH3 is 1. The predicted molar refractivity (Wildman–Crippen MR) is 79.1 cm³/mol. The van der Waals surface area contributed by atoms with E-state index in [2.05, 4.69) is 22.1 Å². The monoisotopic (exact) mass is 287 g/mol. The number of hydrogen-bond donors (Lipinski definition) is 2. The molecule has 1 aromatic heterocycles. The number of rotatable bonds is 3. The molecule has 6 heteroatoms. The minimum Gasteiger partial charge on any atom is -0.496 e. The summed E-state index contributed by atoms with van der Waals surface area (Å²) in [6.07, 6.45) is 2.02. The van der Waals surface area contributed by atoms with Gasteiger partial charge >= 0.3 is 5.97 Å². The Morgan fingerprint density at radius 3 is 2.95 bits per heavy atom. The van der Waals surface area contributed by atoms with Gasteiger partial charge in [0.15, 0.2) is 0 Å². The molecular formula is C15H17N3O3. The second-order valence-electron chi connectivity index (χ2n) is 5.14. The van der Waals surface area contributed by atoms with Crippen LogP contribution in [0.5, 0.6) is 5.75 Å². The van der Waals surface area contributed by atoms with Crippen molar-refractivity contribution < 1.29 is 14.6 Å². The Bertz CT molecular complexity index is 693. The third kappa shape index (κ3) is 2.22. The van der Waals surface area contributed by atoms with E-state index in [1.165, 1.54) is 6.07 Å². The second-order valence-corrected chi connectivity index (χ2v) is 5.14. The first kappa shape index (κ1) is 13.5. The van der Waals surface area contributed by atoms with E-state index < -0.39 is 5.97 Å². The van der Waals surface area contributed by atoms with E-state index in [9.17, 15) is 4.79 Å². The summed E-state index contributed by atoms with van der Waals surface area (Å²) >= 11 is 0. The van der Waals surface area contributed by atoms with Crippen LogP contribution in [0.15, 0.2) is 18.2 Å². The summed E-state index contributed by atoms with van der Waals surface area (Å²) in [5.41, 5.74) is 3.79. The molecule has 2 N–H and O–H groups in total. The fraction of sp³-hybridized carbons (Fsp3) is 0.333. The van der Waals surface area contributed by atoms with Crippen LogP contribution < -0.4 is 9.64 Å². The number of anilines is 1. The Morgan fingerprint density at radius 2 is 2.29 bits per heavy atom. The van der Waals surface area contributed by atoms with Crippen molar-refractivity contribution in [2.45, 2.75) is 12.8 Å². The summed E-state index contributed by atoms with van der Waals surface area (Å²) in [7, 11) is 3.70. The van der Waals surface area contributed by atoms with E-state index in [4.69, 9.17) is 9.84 Å². The average Bonchev–Trinajstić information content (AvgIpc) is 2.96. The number of hydrogen-bond acceptors (Lipinski definition) is 4. The Kier molecular flexibility index (Phi) is 3.29. The minimum atomic E-state index is -1.02. The molecular weight excluding hydrogens is 270 g/mol. The molecule has 1 aromatic carbocycles. The van der Waals surface area contributed by atoms with Gasteiger partial charge in [0.1, 0.15) is 11.4 Å². The van der Waals surface area contributed by atoms with Gasteiger partial charge in [-0.3, -0.25) is 5.10 Å². The highest BCUT2D eigenvalue weighted by atomic mass is 16.5. The van der Waals surface area contributed by atoms with Crippen molar-refractivity contribution in [1.29, 1.82) is 0 Å². The summed E-state index contributed by atoms with van der Waals surface area (Å²) in [6.45, 7) is 1.03. The molecule has 2 heterocycles. The molecule has 21 heavy (non-hydrogen) atoms. The SMILES string of the molecule is COc1c(-c2cc(C(=O)O)[nH]n2)ccc2c1CCCN2C. The predicted octanol–water partition coefficient (Wildman–Crippen LogP) is 2.17. The van der Waals surface area contributed by atoms with Crippen molar-refractivity contribution in [3.63, 3.8) is 0 Å². The number of H-pyrrole nitrogens is 1. The summed E-state index contributed by atoms with van der Waals surface area (Å²) in [4.78, 5) is 13.2. The standard InChI is InChI=1S/C15H17N3O3/c1-18-7-3-4-10-13(18)6-5-9(14(10)21-2)11-8-12(15(19)20)17-16-11/h5-6,8H,3-4,7H2,1-2H3,(H,16,17)(H,19,20). The highest BCUT2D eigenvalue weighted by molar-refractivity contribution is 5.87. The molecule has 0 bridgehead atoms. The first-order chi connectivity index (χ1) is 10.1. The van der Waals surface area contributed by atoms with Crippen LogP contribution >= 0.6 is 0 Å². The normalized spacial score (nSPS) is 13.9. The highest BCUT2D eigenvalue weighted by Gasteiger charge is 2.22. The van der Waals surface area contributed by atoms with Gasteiger partial charge < -0.3 is 14.7 Å². The lowest BCUT2D eigenvalue weighted by Crippen LogP contribution is -2.25. The Hall–Kier alpha value is -2.50. The molecule has 0 saturated carbocycles. The molecule has 0 amide bonds. The number of nitrogens with one attached hydrogen (secondary N) is 1. The summed E-state index contributed by atoms with van der Waals surface area (Å²) in [5.74, 6) is -0.243. The average molecular weight is 287 g/mol. The van der Waals surface area contributed by atoms with Crippen LogP contribution in [0.4, 0.5) is 5.69 Å². The van der Waals surface area contributed by atoms with Crippen LogP contribution in [0.1, 0.15) is 22.5 Å². The van der Waals surface area contributed by atoms with Crippen LogP contribution in [0.3, 0.4) is 0 Å². The topological polar surface area (TPSA) is 78.5 Å². The maximum absolute atomic E-state index is 11.0. The fourth-order valence-electron chi connectivity index (χ4n) is 2.83. The molecule has 110 valence electrons. The van der Waals surface area contributed by atoms with Gasteiger partial charge in [-0.05, 0) is 31.0 Å². The van der Waals surface area contributed by atoms with E-state index in [-0.39, 0.29) is 5.69 Å². The first-order valence-corrected chi connectivity index (χ1v) is 6.82. The van der Waals surface area contributed by atoms with Crippen molar-refractivity contribution in [2.24, 2.45) is 0 Å². The Labute approximate surface area is 122 Å². The number of carboxylic acid groups (broad SMARTS) is 1. The molecule has 0 fully saturated rings. The van der Waals surface area contributed by atoms with E-state index in [1.54, 1.807) is 7.11 Å². The van der Waals surface area contributed by atoms with Crippen LogP contribution in [-0.2, 0) is 6.42 Å². The van der Waals surface area contributed by atoms with Gasteiger partial charge in [0.2, 0.25) is 0 Å². The van der Waals surface area contributed by atoms with Crippen molar-refractivity contribution in [3.8, 4) is 17.0 Å². The maximum Gasteiger partial charge on any atom is 0.353 e. The number of benzene rings is 1. The van der Waals surface area contributed by atoms with Crippen LogP contribution in [0, 0.1) is 0 Å². The summed E-state index contributed by atoms with van der Waals surface area (Å²) in [5, 5.41) is 15.6. The van der Waals surface area contributed by atoms with Crippen molar-refractivity contribution >= 4 is 11.7 Å². The zero-order valence-electron chi connectivity index (χ0n) is 12.0. The zero-order chi connectivity index (χ0) is 15.0. The van der Waals surface area contributed by atoms with E-state index in [1.807, 2.05) is 12.1 Å². The molecule has 1 aliphatic heterocycles. The van der Waals surface area contributed by atoms with Crippen molar-refractivity contribution in [3.05, 3.63) is 29.5 Å². The van der Waals surface area contributed by atoms with Crippen LogP contribution in [0.25, 0.3) is 11.3 Å². The van der Waals surface area contributed by atoms with E-state index in [0.717, 1.165) is 42.0 Å². The van der Waals surface area contributed by atoms with Crippen molar-refractivity contribution in [2.75, 3.05) is 25.6 Å². The lowest BCUT2D eigenvalue weighted by atomic mass is 9.96. The number of nitrogens with zero attached hydrogens (tertiary/aromatic N) is 2. The number of fused-ring (bicyclic) bond motifs is 1. The third-order valence-electron chi connectivity index (χ3n) is 3.86. The lowest BCUT2D eigenvalue weighted by molar-refractivity contribution is 0.0690. The number of aromatic carboxylic acids is 1. The van der Waals surface area contributed by atoms with Gasteiger partial charge in [0.05, 0.1) is 12.8 Å². The van der Waals surface area contributed by atoms with Gasteiger partial charge in [-0.1, -0.05) is 0 Å². The van der Waals surface area contributed by atoms with E-state index >= 15 is 0 Å². The van der Waals surface area contributed by atoms with Crippen LogP contribution in [0.2, 0.25) is 0 Å². The molecule has 0 aliphatic carbocycles. The quantitative estimate of drug-likeness (QED) is 0.904. The van der Waals surface area contributed by atoms with Gasteiger partial charge in [-0.15, -0.1) is 0 Å². The fourth-order valence-corrected chi connectivity index (χ4v) is 2.83. The largest absolute Gasteiger partial charge is 0.496 e. The molecule has 1 aliphatic rings. The number of aromatic amines is 1. The maximum atomic E-state index is 11.0. The number of ether oxygens (including phenoxy) is 1. The van der Waals surface area contributed by atoms with Gasteiger partial charge in [0, 0.05) is 30.4 Å². The number of aromatic nitrogens is 2.